The summed E-state index contributed by atoms with van der Waals surface area (Å²) >= 11 is 0. The normalized spacial score (nSPS) is 11.8. The molecule has 0 fully saturated rings. The predicted octanol–water partition coefficient (Wildman–Crippen LogP) is 4.76. The van der Waals surface area contributed by atoms with Gasteiger partial charge in [-0.25, -0.2) is 4.79 Å². The van der Waals surface area contributed by atoms with Crippen LogP contribution in [0.3, 0.4) is 0 Å². The highest BCUT2D eigenvalue weighted by molar-refractivity contribution is 5.82. The lowest BCUT2D eigenvalue weighted by Gasteiger charge is -2.22. The van der Waals surface area contributed by atoms with Crippen molar-refractivity contribution in [2.24, 2.45) is 0 Å². The Kier molecular flexibility index (Phi) is 3.17. The topological polar surface area (TPSA) is 30.2 Å². The van der Waals surface area contributed by atoms with E-state index in [9.17, 15) is 4.79 Å². The van der Waals surface area contributed by atoms with Gasteiger partial charge in [0, 0.05) is 5.39 Å². The molecule has 2 nitrogen and oxygen atoms in total. The largest absolute Gasteiger partial charge is 0.422 e. The molecule has 0 aliphatic rings. The van der Waals surface area contributed by atoms with E-state index in [1.54, 1.807) is 0 Å². The highest BCUT2D eigenvalue weighted by Gasteiger charge is 2.20. The van der Waals surface area contributed by atoms with Gasteiger partial charge in [0.2, 0.25) is 0 Å². The second-order valence-electron chi connectivity index (χ2n) is 6.28. The predicted molar refractivity (Wildman–Crippen MR) is 86.6 cm³/mol. The molecule has 1 heterocycles. The summed E-state index contributed by atoms with van der Waals surface area (Å²) in [7, 11) is 0. The molecule has 0 N–H and O–H groups in total. The summed E-state index contributed by atoms with van der Waals surface area (Å²) in [5.74, 6) is 0. The van der Waals surface area contributed by atoms with Crippen molar-refractivity contribution in [1.29, 1.82) is 0 Å². The molecular formula is C19H18O2. The summed E-state index contributed by atoms with van der Waals surface area (Å²) < 4.78 is 5.46. The van der Waals surface area contributed by atoms with E-state index in [0.717, 1.165) is 16.5 Å². The molecule has 1 aromatic heterocycles. The van der Waals surface area contributed by atoms with Crippen molar-refractivity contribution in [2.45, 2.75) is 26.2 Å². The third kappa shape index (κ3) is 2.49. The molecule has 2 heteroatoms. The van der Waals surface area contributed by atoms with Crippen molar-refractivity contribution < 1.29 is 4.42 Å². The van der Waals surface area contributed by atoms with Gasteiger partial charge in [0.05, 0.1) is 5.56 Å². The van der Waals surface area contributed by atoms with Gasteiger partial charge in [-0.05, 0) is 28.7 Å². The second-order valence-corrected chi connectivity index (χ2v) is 6.28. The fourth-order valence-corrected chi connectivity index (χ4v) is 2.62. The summed E-state index contributed by atoms with van der Waals surface area (Å²) in [6.45, 7) is 6.44. The molecule has 0 spiro atoms. The smallest absolute Gasteiger partial charge is 0.344 e. The van der Waals surface area contributed by atoms with Crippen molar-refractivity contribution in [3.63, 3.8) is 0 Å². The van der Waals surface area contributed by atoms with Crippen molar-refractivity contribution in [2.75, 3.05) is 0 Å². The molecule has 0 aliphatic carbocycles. The van der Waals surface area contributed by atoms with Crippen molar-refractivity contribution in [3.05, 3.63) is 70.6 Å². The first-order valence-corrected chi connectivity index (χ1v) is 7.09. The van der Waals surface area contributed by atoms with Crippen LogP contribution in [0.5, 0.6) is 0 Å². The molecule has 21 heavy (non-hydrogen) atoms. The van der Waals surface area contributed by atoms with E-state index < -0.39 is 0 Å². The first-order valence-electron chi connectivity index (χ1n) is 7.09. The monoisotopic (exact) mass is 278 g/mol. The maximum Gasteiger partial charge on any atom is 0.344 e. The third-order valence-corrected chi connectivity index (χ3v) is 3.67. The lowest BCUT2D eigenvalue weighted by molar-refractivity contribution is 0.561. The van der Waals surface area contributed by atoms with Gasteiger partial charge in [0.1, 0.15) is 5.58 Å². The van der Waals surface area contributed by atoms with E-state index in [2.05, 4.69) is 26.8 Å². The van der Waals surface area contributed by atoms with Crippen LogP contribution in [0.2, 0.25) is 0 Å². The number of rotatable bonds is 1. The lowest BCUT2D eigenvalue weighted by Crippen LogP contribution is -2.14. The minimum atomic E-state index is -0.287. The zero-order valence-electron chi connectivity index (χ0n) is 12.5. The van der Waals surface area contributed by atoms with Crippen molar-refractivity contribution in [1.82, 2.24) is 0 Å². The molecule has 3 rings (SSSR count). The number of hydrogen-bond donors (Lipinski definition) is 0. The Bertz CT molecular complexity index is 851. The molecule has 106 valence electrons. The molecule has 0 aliphatic heterocycles. The molecule has 0 radical (unpaired) electrons. The molecule has 0 saturated heterocycles. The number of fused-ring (bicyclic) bond motifs is 1. The maximum atomic E-state index is 12.3. The van der Waals surface area contributed by atoms with E-state index in [4.69, 9.17) is 4.42 Å². The quantitative estimate of drug-likeness (QED) is 0.601. The first-order chi connectivity index (χ1) is 9.97. The summed E-state index contributed by atoms with van der Waals surface area (Å²) in [4.78, 5) is 12.3. The van der Waals surface area contributed by atoms with Gasteiger partial charge in [-0.15, -0.1) is 0 Å². The Hall–Kier alpha value is -2.35. The highest BCUT2D eigenvalue weighted by Crippen LogP contribution is 2.32. The van der Waals surface area contributed by atoms with Gasteiger partial charge in [-0.3, -0.25) is 0 Å². The Morgan fingerprint density at radius 3 is 2.29 bits per heavy atom. The fraction of sp³-hybridized carbons (Fsp3) is 0.211. The Morgan fingerprint density at radius 2 is 1.52 bits per heavy atom. The SMILES string of the molecule is CC(C)(C)c1ccccc1-c1cc2ccccc2oc1=O. The van der Waals surface area contributed by atoms with E-state index in [1.807, 2.05) is 48.5 Å². The molecule has 0 unspecified atom stereocenters. The summed E-state index contributed by atoms with van der Waals surface area (Å²) in [6, 6.07) is 17.5. The van der Waals surface area contributed by atoms with E-state index in [-0.39, 0.29) is 11.0 Å². The van der Waals surface area contributed by atoms with E-state index in [0.29, 0.717) is 11.1 Å². The minimum Gasteiger partial charge on any atom is -0.422 e. The summed E-state index contributed by atoms with van der Waals surface area (Å²) in [5.41, 5.74) is 3.02. The van der Waals surface area contributed by atoms with E-state index in [1.165, 1.54) is 0 Å². The molecule has 0 atom stereocenters. The van der Waals surface area contributed by atoms with Crippen LogP contribution in [0.1, 0.15) is 26.3 Å². The third-order valence-electron chi connectivity index (χ3n) is 3.67. The standard InChI is InChI=1S/C19H18O2/c1-19(2,3)16-10-6-5-9-14(16)15-12-13-8-4-7-11-17(13)21-18(15)20/h4-12H,1-3H3. The minimum absolute atomic E-state index is 0.0331. The van der Waals surface area contributed by atoms with E-state index >= 15 is 0 Å². The van der Waals surface area contributed by atoms with Crippen molar-refractivity contribution >= 4 is 11.0 Å². The van der Waals surface area contributed by atoms with Crippen LogP contribution in [0, 0.1) is 0 Å². The van der Waals surface area contributed by atoms with Gasteiger partial charge < -0.3 is 4.42 Å². The Morgan fingerprint density at radius 1 is 0.857 bits per heavy atom. The van der Waals surface area contributed by atoms with Crippen LogP contribution in [-0.4, -0.2) is 0 Å². The summed E-state index contributed by atoms with van der Waals surface area (Å²) in [6.07, 6.45) is 0. The highest BCUT2D eigenvalue weighted by atomic mass is 16.4. The lowest BCUT2D eigenvalue weighted by atomic mass is 9.82. The number of benzene rings is 2. The van der Waals surface area contributed by atoms with Crippen LogP contribution in [0.4, 0.5) is 0 Å². The van der Waals surface area contributed by atoms with Gasteiger partial charge in [0.25, 0.3) is 0 Å². The molecule has 0 saturated carbocycles. The van der Waals surface area contributed by atoms with Crippen molar-refractivity contribution in [3.8, 4) is 11.1 Å². The molecule has 2 aromatic carbocycles. The van der Waals surface area contributed by atoms with Crippen LogP contribution < -0.4 is 5.63 Å². The second kappa shape index (κ2) is 4.88. The van der Waals surface area contributed by atoms with Crippen LogP contribution in [0.15, 0.2) is 63.8 Å². The van der Waals surface area contributed by atoms with Crippen LogP contribution >= 0.6 is 0 Å². The Balaban J connectivity index is 2.31. The zero-order valence-corrected chi connectivity index (χ0v) is 12.5. The van der Waals surface area contributed by atoms with Gasteiger partial charge in [-0.1, -0.05) is 63.2 Å². The molecular weight excluding hydrogens is 260 g/mol. The average molecular weight is 278 g/mol. The van der Waals surface area contributed by atoms with Crippen LogP contribution in [0.25, 0.3) is 22.1 Å². The molecule has 0 bridgehead atoms. The fourth-order valence-electron chi connectivity index (χ4n) is 2.62. The maximum absolute atomic E-state index is 12.3. The van der Waals surface area contributed by atoms with Gasteiger partial charge >= 0.3 is 5.63 Å². The molecule has 3 aromatic rings. The zero-order chi connectivity index (χ0) is 15.0. The first kappa shape index (κ1) is 13.6. The average Bonchev–Trinajstić information content (AvgIpc) is 2.45. The summed E-state index contributed by atoms with van der Waals surface area (Å²) in [5, 5.41) is 0.941. The Labute approximate surface area is 124 Å². The molecule has 0 amide bonds. The van der Waals surface area contributed by atoms with Crippen LogP contribution in [-0.2, 0) is 5.41 Å². The number of para-hydroxylation sites is 1. The number of hydrogen-bond acceptors (Lipinski definition) is 2. The van der Waals surface area contributed by atoms with Gasteiger partial charge in [0.15, 0.2) is 0 Å². The van der Waals surface area contributed by atoms with Gasteiger partial charge in [-0.2, -0.15) is 0 Å².